The molecule has 0 radical (unpaired) electrons. The van der Waals surface area contributed by atoms with Crippen molar-refractivity contribution in [2.75, 3.05) is 11.9 Å². The summed E-state index contributed by atoms with van der Waals surface area (Å²) in [4.78, 5) is 0. The van der Waals surface area contributed by atoms with Crippen molar-refractivity contribution in [3.8, 4) is 0 Å². The molecule has 1 atom stereocenters. The first-order valence-electron chi connectivity index (χ1n) is 5.13. The molecule has 0 saturated heterocycles. The monoisotopic (exact) mass is 193 g/mol. The molecule has 2 N–H and O–H groups in total. The number of rotatable bonds is 4. The van der Waals surface area contributed by atoms with Crippen LogP contribution in [0.25, 0.3) is 0 Å². The van der Waals surface area contributed by atoms with Gasteiger partial charge in [0.25, 0.3) is 0 Å². The molecule has 0 saturated carbocycles. The van der Waals surface area contributed by atoms with Gasteiger partial charge in [-0.25, -0.2) is 0 Å². The molecule has 1 aromatic carbocycles. The number of aryl methyl sites for hydroxylation is 1. The zero-order valence-corrected chi connectivity index (χ0v) is 9.17. The number of aliphatic hydroxyl groups excluding tert-OH is 1. The van der Waals surface area contributed by atoms with Gasteiger partial charge in [-0.05, 0) is 37.5 Å². The average molecular weight is 193 g/mol. The molecule has 0 heterocycles. The van der Waals surface area contributed by atoms with Gasteiger partial charge in [0, 0.05) is 12.2 Å². The van der Waals surface area contributed by atoms with Crippen LogP contribution in [0.4, 0.5) is 5.69 Å². The summed E-state index contributed by atoms with van der Waals surface area (Å²) in [7, 11) is 0. The lowest BCUT2D eigenvalue weighted by Gasteiger charge is -2.13. The molecular formula is C12H19NO. The van der Waals surface area contributed by atoms with Crippen molar-refractivity contribution in [1.29, 1.82) is 0 Å². The highest BCUT2D eigenvalue weighted by Gasteiger charge is 2.02. The fourth-order valence-corrected chi connectivity index (χ4v) is 1.31. The minimum atomic E-state index is -0.255. The SMILES string of the molecule is CCC(O)CNc1cccc(C)c1C. The first-order valence-corrected chi connectivity index (χ1v) is 5.13. The molecule has 0 aliphatic carbocycles. The van der Waals surface area contributed by atoms with Crippen LogP contribution in [0, 0.1) is 13.8 Å². The molecular weight excluding hydrogens is 174 g/mol. The second-order valence-corrected chi connectivity index (χ2v) is 3.69. The minimum Gasteiger partial charge on any atom is -0.391 e. The van der Waals surface area contributed by atoms with E-state index in [0.717, 1.165) is 12.1 Å². The predicted molar refractivity (Wildman–Crippen MR) is 60.7 cm³/mol. The quantitative estimate of drug-likeness (QED) is 0.770. The van der Waals surface area contributed by atoms with Gasteiger partial charge >= 0.3 is 0 Å². The molecule has 1 aromatic rings. The van der Waals surface area contributed by atoms with Crippen molar-refractivity contribution in [1.82, 2.24) is 0 Å². The molecule has 78 valence electrons. The maximum absolute atomic E-state index is 9.42. The van der Waals surface area contributed by atoms with Crippen molar-refractivity contribution in [3.63, 3.8) is 0 Å². The molecule has 0 bridgehead atoms. The smallest absolute Gasteiger partial charge is 0.0709 e. The molecule has 1 rings (SSSR count). The Morgan fingerprint density at radius 1 is 1.36 bits per heavy atom. The van der Waals surface area contributed by atoms with Crippen LogP contribution < -0.4 is 5.32 Å². The lowest BCUT2D eigenvalue weighted by molar-refractivity contribution is 0.183. The van der Waals surface area contributed by atoms with Crippen LogP contribution in [-0.2, 0) is 0 Å². The molecule has 0 aromatic heterocycles. The van der Waals surface area contributed by atoms with Gasteiger partial charge in [-0.1, -0.05) is 19.1 Å². The summed E-state index contributed by atoms with van der Waals surface area (Å²) in [6.07, 6.45) is 0.535. The first kappa shape index (κ1) is 11.1. The summed E-state index contributed by atoms with van der Waals surface area (Å²) in [5, 5.41) is 12.7. The average Bonchev–Trinajstić information content (AvgIpc) is 2.20. The number of hydrogen-bond donors (Lipinski definition) is 2. The summed E-state index contributed by atoms with van der Waals surface area (Å²) < 4.78 is 0. The summed E-state index contributed by atoms with van der Waals surface area (Å²) in [6, 6.07) is 6.17. The van der Waals surface area contributed by atoms with Gasteiger partial charge in [-0.15, -0.1) is 0 Å². The molecule has 0 spiro atoms. The minimum absolute atomic E-state index is 0.255. The van der Waals surface area contributed by atoms with Crippen molar-refractivity contribution < 1.29 is 5.11 Å². The Kier molecular flexibility index (Phi) is 3.96. The highest BCUT2D eigenvalue weighted by molar-refractivity contribution is 5.53. The summed E-state index contributed by atoms with van der Waals surface area (Å²) in [5.41, 5.74) is 3.66. The van der Waals surface area contributed by atoms with E-state index >= 15 is 0 Å². The maximum atomic E-state index is 9.42. The Bertz CT molecular complexity index is 296. The van der Waals surface area contributed by atoms with Gasteiger partial charge in [-0.2, -0.15) is 0 Å². The van der Waals surface area contributed by atoms with Crippen molar-refractivity contribution in [3.05, 3.63) is 29.3 Å². The van der Waals surface area contributed by atoms with Crippen molar-refractivity contribution in [2.45, 2.75) is 33.3 Å². The summed E-state index contributed by atoms with van der Waals surface area (Å²) in [6.45, 7) is 6.79. The number of hydrogen-bond acceptors (Lipinski definition) is 2. The normalized spacial score (nSPS) is 12.6. The van der Waals surface area contributed by atoms with Gasteiger partial charge in [0.2, 0.25) is 0 Å². The molecule has 2 nitrogen and oxygen atoms in total. The maximum Gasteiger partial charge on any atom is 0.0709 e. The Balaban J connectivity index is 2.63. The molecule has 0 aliphatic heterocycles. The Morgan fingerprint density at radius 2 is 2.07 bits per heavy atom. The van der Waals surface area contributed by atoms with E-state index in [9.17, 15) is 5.11 Å². The van der Waals surface area contributed by atoms with E-state index in [0.29, 0.717) is 6.54 Å². The summed E-state index contributed by atoms with van der Waals surface area (Å²) >= 11 is 0. The van der Waals surface area contributed by atoms with Crippen LogP contribution in [0.2, 0.25) is 0 Å². The van der Waals surface area contributed by atoms with Crippen molar-refractivity contribution in [2.24, 2.45) is 0 Å². The number of anilines is 1. The second kappa shape index (κ2) is 5.01. The third-order valence-electron chi connectivity index (χ3n) is 2.60. The van der Waals surface area contributed by atoms with E-state index in [1.165, 1.54) is 11.1 Å². The molecule has 1 unspecified atom stereocenters. The topological polar surface area (TPSA) is 32.3 Å². The lowest BCUT2D eigenvalue weighted by Crippen LogP contribution is -2.18. The van der Waals surface area contributed by atoms with Crippen LogP contribution in [0.3, 0.4) is 0 Å². The summed E-state index contributed by atoms with van der Waals surface area (Å²) in [5.74, 6) is 0. The fraction of sp³-hybridized carbons (Fsp3) is 0.500. The highest BCUT2D eigenvalue weighted by atomic mass is 16.3. The van der Waals surface area contributed by atoms with Crippen LogP contribution in [0.5, 0.6) is 0 Å². The van der Waals surface area contributed by atoms with Crippen LogP contribution in [0.15, 0.2) is 18.2 Å². The van der Waals surface area contributed by atoms with E-state index in [1.807, 2.05) is 19.1 Å². The van der Waals surface area contributed by atoms with Gasteiger partial charge in [-0.3, -0.25) is 0 Å². The van der Waals surface area contributed by atoms with Crippen LogP contribution >= 0.6 is 0 Å². The van der Waals surface area contributed by atoms with Gasteiger partial charge in [0.05, 0.1) is 6.10 Å². The molecule has 0 aliphatic rings. The van der Waals surface area contributed by atoms with E-state index in [4.69, 9.17) is 0 Å². The molecule has 0 fully saturated rings. The highest BCUT2D eigenvalue weighted by Crippen LogP contribution is 2.17. The van der Waals surface area contributed by atoms with Gasteiger partial charge < -0.3 is 10.4 Å². The predicted octanol–water partition coefficient (Wildman–Crippen LogP) is 2.49. The molecule has 0 amide bonds. The van der Waals surface area contributed by atoms with Gasteiger partial charge in [0.1, 0.15) is 0 Å². The Morgan fingerprint density at radius 3 is 2.71 bits per heavy atom. The molecule has 2 heteroatoms. The third-order valence-corrected chi connectivity index (χ3v) is 2.60. The zero-order valence-electron chi connectivity index (χ0n) is 9.17. The molecule has 14 heavy (non-hydrogen) atoms. The van der Waals surface area contributed by atoms with E-state index in [1.54, 1.807) is 0 Å². The Hall–Kier alpha value is -1.02. The lowest BCUT2D eigenvalue weighted by atomic mass is 10.1. The standard InChI is InChI=1S/C12H19NO/c1-4-11(14)8-13-12-7-5-6-9(2)10(12)3/h5-7,11,13-14H,4,8H2,1-3H3. The fourth-order valence-electron chi connectivity index (χ4n) is 1.31. The largest absolute Gasteiger partial charge is 0.391 e. The third kappa shape index (κ3) is 2.74. The van der Waals surface area contributed by atoms with Crippen LogP contribution in [0.1, 0.15) is 24.5 Å². The van der Waals surface area contributed by atoms with E-state index in [-0.39, 0.29) is 6.10 Å². The number of aliphatic hydroxyl groups is 1. The zero-order chi connectivity index (χ0) is 10.6. The second-order valence-electron chi connectivity index (χ2n) is 3.69. The van der Waals surface area contributed by atoms with E-state index < -0.39 is 0 Å². The number of nitrogens with one attached hydrogen (secondary N) is 1. The number of benzene rings is 1. The van der Waals surface area contributed by atoms with Crippen molar-refractivity contribution >= 4 is 5.69 Å². The van der Waals surface area contributed by atoms with Gasteiger partial charge in [0.15, 0.2) is 0 Å². The first-order chi connectivity index (χ1) is 6.65. The van der Waals surface area contributed by atoms with E-state index in [2.05, 4.69) is 25.2 Å². The Labute approximate surface area is 86.0 Å². The van der Waals surface area contributed by atoms with Crippen LogP contribution in [-0.4, -0.2) is 17.8 Å².